The summed E-state index contributed by atoms with van der Waals surface area (Å²) in [6.07, 6.45) is 1.14. The number of halogens is 1. The van der Waals surface area contributed by atoms with Gasteiger partial charge < -0.3 is 15.5 Å². The number of aliphatic imine (C=N–C) groups is 1. The summed E-state index contributed by atoms with van der Waals surface area (Å²) >= 11 is 0. The van der Waals surface area contributed by atoms with Crippen molar-refractivity contribution in [1.29, 1.82) is 0 Å². The van der Waals surface area contributed by atoms with Crippen LogP contribution in [0.5, 0.6) is 0 Å². The predicted octanol–water partition coefficient (Wildman–Crippen LogP) is 3.02. The van der Waals surface area contributed by atoms with E-state index in [0.29, 0.717) is 6.04 Å². The molecule has 0 aromatic heterocycles. The zero-order valence-corrected chi connectivity index (χ0v) is 16.6. The summed E-state index contributed by atoms with van der Waals surface area (Å²) in [6, 6.07) is 9.28. The molecular formula is C17H29IN4. The normalized spacial score (nSPS) is 17.8. The van der Waals surface area contributed by atoms with Gasteiger partial charge in [0, 0.05) is 37.4 Å². The van der Waals surface area contributed by atoms with E-state index in [1.54, 1.807) is 0 Å². The molecule has 1 aromatic rings. The second kappa shape index (κ2) is 8.04. The molecule has 4 nitrogen and oxygen atoms in total. The van der Waals surface area contributed by atoms with Crippen LogP contribution >= 0.6 is 24.0 Å². The van der Waals surface area contributed by atoms with Gasteiger partial charge in [-0.3, -0.25) is 4.99 Å². The lowest BCUT2D eigenvalue weighted by atomic mass is 10.1. The zero-order valence-electron chi connectivity index (χ0n) is 14.3. The Morgan fingerprint density at radius 2 is 2.00 bits per heavy atom. The molecule has 0 fully saturated rings. The van der Waals surface area contributed by atoms with E-state index < -0.39 is 0 Å². The maximum Gasteiger partial charge on any atom is 0.191 e. The molecule has 1 aliphatic rings. The Bertz CT molecular complexity index is 508. The van der Waals surface area contributed by atoms with Crippen LogP contribution in [0, 0.1) is 0 Å². The number of hydrogen-bond acceptors (Lipinski definition) is 2. The van der Waals surface area contributed by atoms with Crippen molar-refractivity contribution in [2.45, 2.75) is 45.7 Å². The fourth-order valence-corrected chi connectivity index (χ4v) is 2.80. The van der Waals surface area contributed by atoms with Crippen LogP contribution in [0.4, 0.5) is 5.69 Å². The molecule has 1 aliphatic heterocycles. The van der Waals surface area contributed by atoms with Gasteiger partial charge in [0.25, 0.3) is 0 Å². The molecule has 5 heteroatoms. The molecule has 0 bridgehead atoms. The van der Waals surface area contributed by atoms with Gasteiger partial charge in [-0.1, -0.05) is 18.2 Å². The number of nitrogens with zero attached hydrogens (tertiary/aromatic N) is 2. The van der Waals surface area contributed by atoms with Gasteiger partial charge in [0.05, 0.1) is 0 Å². The quantitative estimate of drug-likeness (QED) is 0.452. The van der Waals surface area contributed by atoms with Crippen molar-refractivity contribution < 1.29 is 0 Å². The second-order valence-corrected chi connectivity index (χ2v) is 6.75. The van der Waals surface area contributed by atoms with Crippen molar-refractivity contribution in [2.24, 2.45) is 4.99 Å². The first kappa shape index (κ1) is 19.1. The second-order valence-electron chi connectivity index (χ2n) is 6.75. The Balaban J connectivity index is 0.00000242. The van der Waals surface area contributed by atoms with Gasteiger partial charge in [-0.05, 0) is 45.7 Å². The molecule has 0 radical (unpaired) electrons. The molecule has 1 unspecified atom stereocenters. The highest BCUT2D eigenvalue weighted by molar-refractivity contribution is 14.0. The third-order valence-corrected chi connectivity index (χ3v) is 3.71. The topological polar surface area (TPSA) is 39.7 Å². The first-order chi connectivity index (χ1) is 9.90. The molecule has 0 saturated heterocycles. The first-order valence-corrected chi connectivity index (χ1v) is 7.74. The maximum atomic E-state index is 4.28. The molecule has 0 amide bonds. The molecule has 0 aliphatic carbocycles. The number of nitrogens with one attached hydrogen (secondary N) is 2. The molecule has 0 spiro atoms. The lowest BCUT2D eigenvalue weighted by Gasteiger charge is -2.27. The van der Waals surface area contributed by atoms with Gasteiger partial charge in [-0.25, -0.2) is 0 Å². The minimum absolute atomic E-state index is 0. The summed E-state index contributed by atoms with van der Waals surface area (Å²) in [6.45, 7) is 10.6. The molecule has 1 atom stereocenters. The molecule has 0 saturated carbocycles. The van der Waals surface area contributed by atoms with E-state index >= 15 is 0 Å². The SMILES string of the molecule is CN=C(NCCN1c2ccccc2CC1C)NC(C)(C)C.I. The van der Waals surface area contributed by atoms with Crippen LogP contribution in [0.2, 0.25) is 0 Å². The standard InChI is InChI=1S/C17H28N4.HI/c1-13-12-14-8-6-7-9-15(14)21(13)11-10-19-16(18-5)20-17(2,3)4;/h6-9,13H,10-12H2,1-5H3,(H2,18,19,20);1H. The minimum atomic E-state index is 0. The Morgan fingerprint density at radius 1 is 1.32 bits per heavy atom. The molecule has 2 N–H and O–H groups in total. The van der Waals surface area contributed by atoms with Crippen LogP contribution < -0.4 is 15.5 Å². The van der Waals surface area contributed by atoms with Crippen LogP contribution in [0.3, 0.4) is 0 Å². The lowest BCUT2D eigenvalue weighted by molar-refractivity contribution is 0.501. The molecule has 1 heterocycles. The lowest BCUT2D eigenvalue weighted by Crippen LogP contribution is -2.49. The van der Waals surface area contributed by atoms with E-state index in [1.807, 2.05) is 7.05 Å². The number of fused-ring (bicyclic) bond motifs is 1. The highest BCUT2D eigenvalue weighted by Gasteiger charge is 2.24. The average Bonchev–Trinajstić information content (AvgIpc) is 2.72. The van der Waals surface area contributed by atoms with Crippen molar-refractivity contribution in [3.63, 3.8) is 0 Å². The van der Waals surface area contributed by atoms with Crippen molar-refractivity contribution in [3.05, 3.63) is 29.8 Å². The molecule has 2 rings (SSSR count). The molecule has 1 aromatic carbocycles. The summed E-state index contributed by atoms with van der Waals surface area (Å²) < 4.78 is 0. The molecule has 22 heavy (non-hydrogen) atoms. The van der Waals surface area contributed by atoms with Crippen LogP contribution in [-0.4, -0.2) is 37.7 Å². The monoisotopic (exact) mass is 416 g/mol. The number of guanidine groups is 1. The number of anilines is 1. The van der Waals surface area contributed by atoms with E-state index in [2.05, 4.69) is 72.5 Å². The Morgan fingerprint density at radius 3 is 2.64 bits per heavy atom. The summed E-state index contributed by atoms with van der Waals surface area (Å²) in [7, 11) is 1.81. The van der Waals surface area contributed by atoms with Crippen LogP contribution in [0.25, 0.3) is 0 Å². The van der Waals surface area contributed by atoms with Gasteiger partial charge in [0.15, 0.2) is 5.96 Å². The Labute approximate surface area is 151 Å². The van der Waals surface area contributed by atoms with E-state index in [0.717, 1.165) is 25.5 Å². The van der Waals surface area contributed by atoms with Gasteiger partial charge in [0.2, 0.25) is 0 Å². The fourth-order valence-electron chi connectivity index (χ4n) is 2.80. The first-order valence-electron chi connectivity index (χ1n) is 7.74. The van der Waals surface area contributed by atoms with E-state index in [9.17, 15) is 0 Å². The van der Waals surface area contributed by atoms with Crippen molar-refractivity contribution in [3.8, 4) is 0 Å². The maximum absolute atomic E-state index is 4.28. The third-order valence-electron chi connectivity index (χ3n) is 3.71. The predicted molar refractivity (Wildman–Crippen MR) is 107 cm³/mol. The van der Waals surface area contributed by atoms with Crippen molar-refractivity contribution >= 4 is 35.6 Å². The number of hydrogen-bond donors (Lipinski definition) is 2. The highest BCUT2D eigenvalue weighted by Crippen LogP contribution is 2.31. The van der Waals surface area contributed by atoms with Crippen molar-refractivity contribution in [2.75, 3.05) is 25.0 Å². The van der Waals surface area contributed by atoms with Gasteiger partial charge in [-0.15, -0.1) is 24.0 Å². The Kier molecular flexibility index (Phi) is 6.97. The minimum Gasteiger partial charge on any atom is -0.367 e. The van der Waals surface area contributed by atoms with Crippen LogP contribution in [0.1, 0.15) is 33.3 Å². The summed E-state index contributed by atoms with van der Waals surface area (Å²) in [5.41, 5.74) is 2.86. The molecule has 124 valence electrons. The Hall–Kier alpha value is -0.980. The van der Waals surface area contributed by atoms with E-state index in [4.69, 9.17) is 0 Å². The largest absolute Gasteiger partial charge is 0.367 e. The van der Waals surface area contributed by atoms with Gasteiger partial charge >= 0.3 is 0 Å². The number of para-hydroxylation sites is 1. The van der Waals surface area contributed by atoms with E-state index in [-0.39, 0.29) is 29.5 Å². The fraction of sp³-hybridized carbons (Fsp3) is 0.588. The summed E-state index contributed by atoms with van der Waals surface area (Å²) in [5.74, 6) is 0.864. The third kappa shape index (κ3) is 5.04. The van der Waals surface area contributed by atoms with Gasteiger partial charge in [-0.2, -0.15) is 0 Å². The summed E-state index contributed by atoms with van der Waals surface area (Å²) in [4.78, 5) is 6.76. The molecular weight excluding hydrogens is 387 g/mol. The van der Waals surface area contributed by atoms with Crippen LogP contribution in [0.15, 0.2) is 29.3 Å². The highest BCUT2D eigenvalue weighted by atomic mass is 127. The smallest absolute Gasteiger partial charge is 0.191 e. The number of rotatable bonds is 3. The van der Waals surface area contributed by atoms with E-state index in [1.165, 1.54) is 11.3 Å². The van der Waals surface area contributed by atoms with Gasteiger partial charge in [0.1, 0.15) is 0 Å². The van der Waals surface area contributed by atoms with Crippen molar-refractivity contribution in [1.82, 2.24) is 10.6 Å². The van der Waals surface area contributed by atoms with Crippen LogP contribution in [-0.2, 0) is 6.42 Å². The average molecular weight is 416 g/mol. The zero-order chi connectivity index (χ0) is 15.5. The number of benzene rings is 1. The summed E-state index contributed by atoms with van der Waals surface area (Å²) in [5, 5.41) is 6.78.